The monoisotopic (exact) mass is 339 g/mol. The molecule has 1 aromatic heterocycles. The van der Waals surface area contributed by atoms with Gasteiger partial charge in [-0.1, -0.05) is 17.7 Å². The van der Waals surface area contributed by atoms with Crippen molar-refractivity contribution in [3.63, 3.8) is 0 Å². The molecule has 0 aliphatic carbocycles. The van der Waals surface area contributed by atoms with Crippen LogP contribution in [0.2, 0.25) is 0 Å². The van der Waals surface area contributed by atoms with E-state index < -0.39 is 0 Å². The number of rotatable bonds is 4. The second-order valence-electron chi connectivity index (χ2n) is 6.16. The van der Waals surface area contributed by atoms with Crippen LogP contribution < -0.4 is 10.2 Å². The van der Waals surface area contributed by atoms with Gasteiger partial charge in [-0.3, -0.25) is 9.59 Å². The summed E-state index contributed by atoms with van der Waals surface area (Å²) in [7, 11) is 0. The fourth-order valence-electron chi connectivity index (χ4n) is 2.84. The molecule has 0 saturated carbocycles. The molecule has 0 atom stereocenters. The molecule has 1 aliphatic heterocycles. The number of piperazine rings is 1. The van der Waals surface area contributed by atoms with Gasteiger partial charge in [-0.15, -0.1) is 0 Å². The van der Waals surface area contributed by atoms with Crippen molar-refractivity contribution in [2.45, 2.75) is 13.8 Å². The minimum absolute atomic E-state index is 0.262. The van der Waals surface area contributed by atoms with Gasteiger partial charge in [0.2, 0.25) is 6.41 Å². The maximum absolute atomic E-state index is 12.5. The van der Waals surface area contributed by atoms with E-state index in [0.29, 0.717) is 37.7 Å². The minimum Gasteiger partial charge on any atom is -0.353 e. The smallest absolute Gasteiger partial charge is 0.274 e. The number of amides is 2. The summed E-state index contributed by atoms with van der Waals surface area (Å²) >= 11 is 0. The van der Waals surface area contributed by atoms with E-state index in [9.17, 15) is 9.59 Å². The maximum atomic E-state index is 12.5. The van der Waals surface area contributed by atoms with Crippen LogP contribution in [0.4, 0.5) is 11.5 Å². The average molecular weight is 339 g/mol. The number of aryl methyl sites for hydroxylation is 2. The van der Waals surface area contributed by atoms with Gasteiger partial charge in [0.25, 0.3) is 5.91 Å². The summed E-state index contributed by atoms with van der Waals surface area (Å²) in [5.74, 6) is 0.438. The van der Waals surface area contributed by atoms with E-state index >= 15 is 0 Å². The summed E-state index contributed by atoms with van der Waals surface area (Å²) in [4.78, 5) is 35.4. The molecule has 0 radical (unpaired) electrons. The molecule has 7 nitrogen and oxygen atoms in total. The normalized spacial score (nSPS) is 14.3. The Bertz CT molecular complexity index is 785. The van der Waals surface area contributed by atoms with Crippen LogP contribution in [0, 0.1) is 13.8 Å². The molecular formula is C18H21N5O2. The van der Waals surface area contributed by atoms with Crippen LogP contribution in [0.5, 0.6) is 0 Å². The number of hydrogen-bond donors (Lipinski definition) is 1. The van der Waals surface area contributed by atoms with Crippen molar-refractivity contribution in [2.24, 2.45) is 0 Å². The van der Waals surface area contributed by atoms with Crippen molar-refractivity contribution in [3.8, 4) is 0 Å². The first-order valence-corrected chi connectivity index (χ1v) is 8.22. The Morgan fingerprint density at radius 3 is 2.56 bits per heavy atom. The highest BCUT2D eigenvalue weighted by Gasteiger charge is 2.18. The molecule has 130 valence electrons. The first-order valence-electron chi connectivity index (χ1n) is 8.22. The largest absolute Gasteiger partial charge is 0.353 e. The lowest BCUT2D eigenvalue weighted by Gasteiger charge is -2.33. The maximum Gasteiger partial charge on any atom is 0.274 e. The Kier molecular flexibility index (Phi) is 4.92. The Morgan fingerprint density at radius 1 is 1.12 bits per heavy atom. The van der Waals surface area contributed by atoms with Gasteiger partial charge in [-0.05, 0) is 25.5 Å². The van der Waals surface area contributed by atoms with Crippen LogP contribution >= 0.6 is 0 Å². The summed E-state index contributed by atoms with van der Waals surface area (Å²) < 4.78 is 0. The van der Waals surface area contributed by atoms with Crippen molar-refractivity contribution >= 4 is 23.8 Å². The number of carbonyl (C=O) groups is 2. The lowest BCUT2D eigenvalue weighted by Crippen LogP contribution is -2.46. The number of benzene rings is 1. The zero-order valence-corrected chi connectivity index (χ0v) is 14.4. The van der Waals surface area contributed by atoms with E-state index in [-0.39, 0.29) is 5.91 Å². The van der Waals surface area contributed by atoms with E-state index in [4.69, 9.17) is 0 Å². The molecule has 1 fully saturated rings. The van der Waals surface area contributed by atoms with Crippen LogP contribution in [0.3, 0.4) is 0 Å². The first-order chi connectivity index (χ1) is 12.1. The quantitative estimate of drug-likeness (QED) is 0.857. The van der Waals surface area contributed by atoms with Crippen molar-refractivity contribution < 1.29 is 9.59 Å². The molecule has 0 spiro atoms. The van der Waals surface area contributed by atoms with E-state index in [0.717, 1.165) is 23.2 Å². The molecule has 0 bridgehead atoms. The van der Waals surface area contributed by atoms with Gasteiger partial charge in [-0.2, -0.15) is 0 Å². The van der Waals surface area contributed by atoms with E-state index in [1.165, 1.54) is 6.33 Å². The second-order valence-corrected chi connectivity index (χ2v) is 6.16. The molecule has 2 heterocycles. The van der Waals surface area contributed by atoms with Gasteiger partial charge in [0.15, 0.2) is 0 Å². The lowest BCUT2D eigenvalue weighted by atomic mass is 10.1. The van der Waals surface area contributed by atoms with E-state index in [1.54, 1.807) is 11.0 Å². The number of anilines is 2. The van der Waals surface area contributed by atoms with Gasteiger partial charge in [0.1, 0.15) is 17.8 Å². The van der Waals surface area contributed by atoms with Gasteiger partial charge < -0.3 is 15.1 Å². The van der Waals surface area contributed by atoms with Gasteiger partial charge in [0, 0.05) is 37.9 Å². The SMILES string of the molecule is Cc1ccc(NC(=O)c2cc(N3CCN(C=O)CC3)ncn2)c(C)c1. The summed E-state index contributed by atoms with van der Waals surface area (Å²) in [5.41, 5.74) is 3.25. The molecule has 1 saturated heterocycles. The van der Waals surface area contributed by atoms with Crippen molar-refractivity contribution in [1.29, 1.82) is 0 Å². The molecule has 2 aromatic rings. The van der Waals surface area contributed by atoms with Gasteiger partial charge in [-0.25, -0.2) is 9.97 Å². The zero-order chi connectivity index (χ0) is 17.8. The predicted molar refractivity (Wildman–Crippen MR) is 95.8 cm³/mol. The highest BCUT2D eigenvalue weighted by Crippen LogP contribution is 2.18. The number of carbonyl (C=O) groups excluding carboxylic acids is 2. The van der Waals surface area contributed by atoms with Crippen molar-refractivity contribution in [3.05, 3.63) is 47.4 Å². The van der Waals surface area contributed by atoms with Crippen LogP contribution in [0.25, 0.3) is 0 Å². The fourth-order valence-corrected chi connectivity index (χ4v) is 2.84. The summed E-state index contributed by atoms with van der Waals surface area (Å²) in [6.45, 7) is 6.65. The molecule has 1 aliphatic rings. The van der Waals surface area contributed by atoms with Crippen LogP contribution in [0.1, 0.15) is 21.6 Å². The van der Waals surface area contributed by atoms with Crippen molar-refractivity contribution in [1.82, 2.24) is 14.9 Å². The number of aromatic nitrogens is 2. The topological polar surface area (TPSA) is 78.4 Å². The van der Waals surface area contributed by atoms with Gasteiger partial charge >= 0.3 is 0 Å². The molecule has 1 N–H and O–H groups in total. The van der Waals surface area contributed by atoms with Crippen molar-refractivity contribution in [2.75, 3.05) is 36.4 Å². The lowest BCUT2D eigenvalue weighted by molar-refractivity contribution is -0.118. The molecule has 25 heavy (non-hydrogen) atoms. The molecule has 1 aromatic carbocycles. The molecule has 0 unspecified atom stereocenters. The molecule has 2 amide bonds. The summed E-state index contributed by atoms with van der Waals surface area (Å²) in [6.07, 6.45) is 2.26. The average Bonchev–Trinajstić information content (AvgIpc) is 2.64. The Labute approximate surface area is 146 Å². The molecule has 3 rings (SSSR count). The Hall–Kier alpha value is -2.96. The predicted octanol–water partition coefficient (Wildman–Crippen LogP) is 1.62. The summed E-state index contributed by atoms with van der Waals surface area (Å²) in [6, 6.07) is 7.56. The summed E-state index contributed by atoms with van der Waals surface area (Å²) in [5, 5.41) is 2.90. The Morgan fingerprint density at radius 2 is 1.88 bits per heavy atom. The zero-order valence-electron chi connectivity index (χ0n) is 14.4. The highest BCUT2D eigenvalue weighted by atomic mass is 16.2. The van der Waals surface area contributed by atoms with Crippen LogP contribution in [0.15, 0.2) is 30.6 Å². The number of nitrogens with zero attached hydrogens (tertiary/aromatic N) is 4. The third-order valence-corrected chi connectivity index (χ3v) is 4.30. The molecular weight excluding hydrogens is 318 g/mol. The third kappa shape index (κ3) is 3.93. The third-order valence-electron chi connectivity index (χ3n) is 4.30. The number of nitrogens with one attached hydrogen (secondary N) is 1. The first kappa shape index (κ1) is 16.9. The van der Waals surface area contributed by atoms with E-state index in [2.05, 4.69) is 20.2 Å². The fraction of sp³-hybridized carbons (Fsp3) is 0.333. The van der Waals surface area contributed by atoms with Crippen LogP contribution in [-0.4, -0.2) is 53.4 Å². The minimum atomic E-state index is -0.262. The number of hydrogen-bond acceptors (Lipinski definition) is 5. The van der Waals surface area contributed by atoms with Gasteiger partial charge in [0.05, 0.1) is 0 Å². The standard InChI is InChI=1S/C18H21N5O2/c1-13-3-4-15(14(2)9-13)21-18(25)16-10-17(20-11-19-16)23-7-5-22(12-24)6-8-23/h3-4,9-12H,5-8H2,1-2H3,(H,21,25). The highest BCUT2D eigenvalue weighted by molar-refractivity contribution is 6.03. The molecule has 7 heteroatoms. The van der Waals surface area contributed by atoms with E-state index in [1.807, 2.05) is 32.0 Å². The van der Waals surface area contributed by atoms with Crippen LogP contribution in [-0.2, 0) is 4.79 Å². The second kappa shape index (κ2) is 7.29. The Balaban J connectivity index is 1.72.